The molecular weight excluding hydrogens is 370 g/mol. The van der Waals surface area contributed by atoms with Crippen molar-refractivity contribution >= 4 is 34.1 Å². The van der Waals surface area contributed by atoms with E-state index in [-0.39, 0.29) is 11.9 Å². The summed E-state index contributed by atoms with van der Waals surface area (Å²) in [7, 11) is 0. The maximum Gasteiger partial charge on any atom is 0.251 e. The molecule has 0 saturated carbocycles. The van der Waals surface area contributed by atoms with E-state index < -0.39 is 0 Å². The molecule has 2 aromatic carbocycles. The molecule has 1 aromatic heterocycles. The quantitative estimate of drug-likeness (QED) is 0.688. The molecule has 1 aliphatic rings. The highest BCUT2D eigenvalue weighted by molar-refractivity contribution is 6.31. The van der Waals surface area contributed by atoms with Gasteiger partial charge in [0.25, 0.3) is 5.91 Å². The number of pyridine rings is 1. The van der Waals surface area contributed by atoms with Gasteiger partial charge in [-0.15, -0.1) is 0 Å². The largest absolute Gasteiger partial charge is 0.356 e. The lowest BCUT2D eigenvalue weighted by molar-refractivity contribution is 0.0930. The van der Waals surface area contributed by atoms with Crippen molar-refractivity contribution in [3.05, 3.63) is 70.4 Å². The molecule has 0 radical (unpaired) electrons. The van der Waals surface area contributed by atoms with Crippen molar-refractivity contribution in [1.29, 1.82) is 0 Å². The summed E-state index contributed by atoms with van der Waals surface area (Å²) < 4.78 is 0. The third kappa shape index (κ3) is 3.69. The number of carbonyl (C=O) groups is 1. The van der Waals surface area contributed by atoms with E-state index in [1.165, 1.54) is 0 Å². The average Bonchev–Trinajstić information content (AvgIpc) is 2.70. The van der Waals surface area contributed by atoms with Crippen molar-refractivity contribution < 1.29 is 4.79 Å². The van der Waals surface area contributed by atoms with Crippen LogP contribution in [-0.2, 0) is 0 Å². The zero-order chi connectivity index (χ0) is 19.7. The molecule has 1 aliphatic heterocycles. The van der Waals surface area contributed by atoms with Crippen molar-refractivity contribution in [1.82, 2.24) is 10.3 Å². The Bertz CT molecular complexity index is 1030. The molecule has 3 aromatic rings. The van der Waals surface area contributed by atoms with Gasteiger partial charge in [-0.1, -0.05) is 23.7 Å². The van der Waals surface area contributed by atoms with Gasteiger partial charge in [0.2, 0.25) is 0 Å². The van der Waals surface area contributed by atoms with Gasteiger partial charge in [-0.2, -0.15) is 0 Å². The Morgan fingerprint density at radius 2 is 1.93 bits per heavy atom. The van der Waals surface area contributed by atoms with E-state index in [2.05, 4.69) is 15.2 Å². The number of hydrogen-bond acceptors (Lipinski definition) is 3. The van der Waals surface area contributed by atoms with Crippen molar-refractivity contribution in [3.8, 4) is 0 Å². The van der Waals surface area contributed by atoms with Crippen LogP contribution in [0.5, 0.6) is 0 Å². The Hall–Kier alpha value is -2.59. The third-order valence-corrected chi connectivity index (χ3v) is 5.92. The van der Waals surface area contributed by atoms with Gasteiger partial charge in [0.1, 0.15) is 5.82 Å². The molecule has 1 saturated heterocycles. The third-order valence-electron chi connectivity index (χ3n) is 5.68. The van der Waals surface area contributed by atoms with Crippen LogP contribution < -0.4 is 10.2 Å². The monoisotopic (exact) mass is 393 g/mol. The number of hydrogen-bond donors (Lipinski definition) is 1. The van der Waals surface area contributed by atoms with Crippen LogP contribution in [0.4, 0.5) is 5.82 Å². The minimum Gasteiger partial charge on any atom is -0.356 e. The van der Waals surface area contributed by atoms with Crippen LogP contribution in [0.15, 0.2) is 48.7 Å². The molecule has 0 unspecified atom stereocenters. The Kier molecular flexibility index (Phi) is 5.23. The first-order valence-corrected chi connectivity index (χ1v) is 10.1. The summed E-state index contributed by atoms with van der Waals surface area (Å²) in [6.07, 6.45) is 3.65. The van der Waals surface area contributed by atoms with Gasteiger partial charge in [0.05, 0.1) is 0 Å². The summed E-state index contributed by atoms with van der Waals surface area (Å²) in [4.78, 5) is 19.6. The van der Waals surface area contributed by atoms with Gasteiger partial charge in [-0.05, 0) is 73.5 Å². The highest BCUT2D eigenvalue weighted by Crippen LogP contribution is 2.28. The lowest BCUT2D eigenvalue weighted by Crippen LogP contribution is -2.45. The Morgan fingerprint density at radius 3 is 2.71 bits per heavy atom. The maximum absolute atomic E-state index is 12.7. The van der Waals surface area contributed by atoms with E-state index in [0.717, 1.165) is 64.2 Å². The van der Waals surface area contributed by atoms with Crippen LogP contribution in [0, 0.1) is 13.8 Å². The highest BCUT2D eigenvalue weighted by Gasteiger charge is 2.23. The predicted molar refractivity (Wildman–Crippen MR) is 115 cm³/mol. The predicted octanol–water partition coefficient (Wildman–Crippen LogP) is 4.90. The number of aromatic nitrogens is 1. The number of rotatable bonds is 3. The zero-order valence-electron chi connectivity index (χ0n) is 16.2. The molecule has 2 heterocycles. The first-order chi connectivity index (χ1) is 13.5. The molecule has 0 aliphatic carbocycles. The normalized spacial score (nSPS) is 15.0. The second-order valence-electron chi connectivity index (χ2n) is 7.48. The molecule has 4 rings (SSSR count). The van der Waals surface area contributed by atoms with Gasteiger partial charge in [0.15, 0.2) is 0 Å². The Labute approximate surface area is 170 Å². The maximum atomic E-state index is 12.7. The fourth-order valence-corrected chi connectivity index (χ4v) is 4.06. The minimum absolute atomic E-state index is 0.0255. The van der Waals surface area contributed by atoms with Crippen LogP contribution >= 0.6 is 11.6 Å². The average molecular weight is 394 g/mol. The molecule has 28 heavy (non-hydrogen) atoms. The standard InChI is InChI=1S/C23H24ClN3O/c1-15-4-3-5-20(16(15)2)23(28)26-19-9-12-27(13-10-19)22-21-7-6-18(24)14-17(21)8-11-25-22/h3-8,11,14,19H,9-10,12-13H2,1-2H3,(H,26,28). The van der Waals surface area contributed by atoms with E-state index in [1.54, 1.807) is 0 Å². The topological polar surface area (TPSA) is 45.2 Å². The van der Waals surface area contributed by atoms with E-state index in [0.29, 0.717) is 0 Å². The minimum atomic E-state index is 0.0255. The summed E-state index contributed by atoms with van der Waals surface area (Å²) in [5.41, 5.74) is 2.97. The van der Waals surface area contributed by atoms with Crippen molar-refractivity contribution in [3.63, 3.8) is 0 Å². The summed E-state index contributed by atoms with van der Waals surface area (Å²) >= 11 is 6.12. The summed E-state index contributed by atoms with van der Waals surface area (Å²) in [5.74, 6) is 1.02. The molecule has 0 atom stereocenters. The molecule has 5 heteroatoms. The Morgan fingerprint density at radius 1 is 1.14 bits per heavy atom. The van der Waals surface area contributed by atoms with Gasteiger partial charge in [-0.25, -0.2) is 4.98 Å². The highest BCUT2D eigenvalue weighted by atomic mass is 35.5. The molecule has 0 spiro atoms. The van der Waals surface area contributed by atoms with E-state index in [1.807, 2.05) is 62.5 Å². The van der Waals surface area contributed by atoms with Crippen LogP contribution in [0.3, 0.4) is 0 Å². The van der Waals surface area contributed by atoms with Crippen molar-refractivity contribution in [2.45, 2.75) is 32.7 Å². The first-order valence-electron chi connectivity index (χ1n) is 9.69. The summed E-state index contributed by atoms with van der Waals surface area (Å²) in [6, 6.07) is 14.0. The number of nitrogens with one attached hydrogen (secondary N) is 1. The zero-order valence-corrected chi connectivity index (χ0v) is 17.0. The number of amides is 1. The molecule has 1 amide bonds. The number of aryl methyl sites for hydroxylation is 1. The number of fused-ring (bicyclic) bond motifs is 1. The number of benzene rings is 2. The lowest BCUT2D eigenvalue weighted by Gasteiger charge is -2.33. The van der Waals surface area contributed by atoms with Crippen molar-refractivity contribution in [2.24, 2.45) is 0 Å². The number of anilines is 1. The first kappa shape index (κ1) is 18.8. The van der Waals surface area contributed by atoms with Crippen LogP contribution in [0.2, 0.25) is 5.02 Å². The Balaban J connectivity index is 1.44. The van der Waals surface area contributed by atoms with Gasteiger partial charge < -0.3 is 10.2 Å². The molecule has 1 N–H and O–H groups in total. The number of piperidine rings is 1. The second-order valence-corrected chi connectivity index (χ2v) is 7.92. The number of nitrogens with zero attached hydrogens (tertiary/aromatic N) is 2. The van der Waals surface area contributed by atoms with Gasteiger partial charge in [-0.3, -0.25) is 4.79 Å². The smallest absolute Gasteiger partial charge is 0.251 e. The van der Waals surface area contributed by atoms with Gasteiger partial charge in [0, 0.05) is 41.3 Å². The molecule has 1 fully saturated rings. The van der Waals surface area contributed by atoms with Gasteiger partial charge >= 0.3 is 0 Å². The SMILES string of the molecule is Cc1cccc(C(=O)NC2CCN(c3nccc4cc(Cl)ccc34)CC2)c1C. The second kappa shape index (κ2) is 7.80. The molecular formula is C23H24ClN3O. The van der Waals surface area contributed by atoms with Crippen LogP contribution in [0.25, 0.3) is 10.8 Å². The fraction of sp³-hybridized carbons (Fsp3) is 0.304. The lowest BCUT2D eigenvalue weighted by atomic mass is 10.0. The van der Waals surface area contributed by atoms with Crippen molar-refractivity contribution in [2.75, 3.05) is 18.0 Å². The van der Waals surface area contributed by atoms with Crippen LogP contribution in [-0.4, -0.2) is 30.0 Å². The summed E-state index contributed by atoms with van der Waals surface area (Å²) in [5, 5.41) is 6.17. The van der Waals surface area contributed by atoms with E-state index in [4.69, 9.17) is 11.6 Å². The molecule has 4 nitrogen and oxygen atoms in total. The van der Waals surface area contributed by atoms with E-state index >= 15 is 0 Å². The molecule has 0 bridgehead atoms. The van der Waals surface area contributed by atoms with Crippen LogP contribution in [0.1, 0.15) is 34.3 Å². The molecule has 144 valence electrons. The summed E-state index contributed by atoms with van der Waals surface area (Å²) in [6.45, 7) is 5.78. The van der Waals surface area contributed by atoms with E-state index in [9.17, 15) is 4.79 Å². The number of carbonyl (C=O) groups excluding carboxylic acids is 1. The number of halogens is 1. The fourth-order valence-electron chi connectivity index (χ4n) is 3.88.